The zero-order valence-electron chi connectivity index (χ0n) is 14.2. The van der Waals surface area contributed by atoms with E-state index in [2.05, 4.69) is 15.6 Å². The van der Waals surface area contributed by atoms with Gasteiger partial charge in [-0.2, -0.15) is 0 Å². The van der Waals surface area contributed by atoms with Crippen molar-refractivity contribution in [2.24, 2.45) is 0 Å². The second-order valence-corrected chi connectivity index (χ2v) is 5.98. The van der Waals surface area contributed by atoms with Gasteiger partial charge < -0.3 is 20.5 Å². The van der Waals surface area contributed by atoms with Crippen LogP contribution in [0.3, 0.4) is 0 Å². The maximum Gasteiger partial charge on any atom is 0.321 e. The van der Waals surface area contributed by atoms with Crippen LogP contribution in [-0.2, 0) is 6.54 Å². The number of anilines is 1. The van der Waals surface area contributed by atoms with Gasteiger partial charge in [0.2, 0.25) is 0 Å². The van der Waals surface area contributed by atoms with Crippen LogP contribution < -0.4 is 10.6 Å². The highest BCUT2D eigenvalue weighted by atomic mass is 16.2. The van der Waals surface area contributed by atoms with Gasteiger partial charge in [-0.25, -0.2) is 4.79 Å². The van der Waals surface area contributed by atoms with E-state index in [1.165, 1.54) is 4.90 Å². The molecule has 6 heteroatoms. The molecule has 0 aliphatic heterocycles. The lowest BCUT2D eigenvalue weighted by molar-refractivity contribution is 0.0946. The SMILES string of the molecule is CN(C)C(=O)Nc1cccc(CNC(=O)c2cc3ccccc3[nH]2)c1. The number of nitrogens with zero attached hydrogens (tertiary/aromatic N) is 1. The third-order valence-corrected chi connectivity index (χ3v) is 3.81. The molecule has 3 aromatic rings. The number of hydrogen-bond acceptors (Lipinski definition) is 2. The first-order valence-corrected chi connectivity index (χ1v) is 7.96. The summed E-state index contributed by atoms with van der Waals surface area (Å²) >= 11 is 0. The summed E-state index contributed by atoms with van der Waals surface area (Å²) in [6, 6.07) is 16.8. The molecule has 1 heterocycles. The number of aromatic amines is 1. The van der Waals surface area contributed by atoms with Gasteiger partial charge in [0, 0.05) is 37.2 Å². The first kappa shape index (κ1) is 16.6. The fraction of sp³-hybridized carbons (Fsp3) is 0.158. The van der Waals surface area contributed by atoms with E-state index in [1.807, 2.05) is 54.6 Å². The largest absolute Gasteiger partial charge is 0.351 e. The number of urea groups is 1. The van der Waals surface area contributed by atoms with E-state index < -0.39 is 0 Å². The number of H-pyrrole nitrogens is 1. The molecular weight excluding hydrogens is 316 g/mol. The van der Waals surface area contributed by atoms with Gasteiger partial charge in [-0.05, 0) is 29.8 Å². The molecule has 0 atom stereocenters. The van der Waals surface area contributed by atoms with Crippen molar-refractivity contribution in [1.29, 1.82) is 0 Å². The zero-order chi connectivity index (χ0) is 17.8. The van der Waals surface area contributed by atoms with E-state index in [0.717, 1.165) is 16.5 Å². The number of aromatic nitrogens is 1. The summed E-state index contributed by atoms with van der Waals surface area (Å²) in [7, 11) is 3.36. The third-order valence-electron chi connectivity index (χ3n) is 3.81. The number of carbonyl (C=O) groups is 2. The highest BCUT2D eigenvalue weighted by Crippen LogP contribution is 2.15. The molecule has 25 heavy (non-hydrogen) atoms. The van der Waals surface area contributed by atoms with Gasteiger partial charge in [-0.1, -0.05) is 30.3 Å². The van der Waals surface area contributed by atoms with Gasteiger partial charge in [0.25, 0.3) is 5.91 Å². The number of rotatable bonds is 4. The Morgan fingerprint density at radius 3 is 2.60 bits per heavy atom. The average molecular weight is 336 g/mol. The van der Waals surface area contributed by atoms with Crippen LogP contribution in [0.2, 0.25) is 0 Å². The molecule has 128 valence electrons. The summed E-state index contributed by atoms with van der Waals surface area (Å²) in [6.07, 6.45) is 0. The van der Waals surface area contributed by atoms with Crippen molar-refractivity contribution in [3.8, 4) is 0 Å². The lowest BCUT2D eigenvalue weighted by Gasteiger charge is -2.13. The molecule has 6 nitrogen and oxygen atoms in total. The van der Waals surface area contributed by atoms with Crippen LogP contribution >= 0.6 is 0 Å². The van der Waals surface area contributed by atoms with Crippen molar-refractivity contribution in [1.82, 2.24) is 15.2 Å². The third kappa shape index (κ3) is 3.98. The molecule has 0 unspecified atom stereocenters. The van der Waals surface area contributed by atoms with E-state index in [0.29, 0.717) is 17.9 Å². The highest BCUT2D eigenvalue weighted by Gasteiger charge is 2.09. The molecule has 0 bridgehead atoms. The molecule has 0 fully saturated rings. The Balaban J connectivity index is 1.64. The van der Waals surface area contributed by atoms with Crippen molar-refractivity contribution in [3.63, 3.8) is 0 Å². The second kappa shape index (κ2) is 7.09. The van der Waals surface area contributed by atoms with Gasteiger partial charge in [-0.15, -0.1) is 0 Å². The van der Waals surface area contributed by atoms with E-state index in [-0.39, 0.29) is 11.9 Å². The molecule has 2 aromatic carbocycles. The minimum atomic E-state index is -0.195. The molecule has 3 N–H and O–H groups in total. The maximum atomic E-state index is 12.3. The Morgan fingerprint density at radius 1 is 1.04 bits per heavy atom. The maximum absolute atomic E-state index is 12.3. The van der Waals surface area contributed by atoms with Crippen LogP contribution in [0.15, 0.2) is 54.6 Å². The summed E-state index contributed by atoms with van der Waals surface area (Å²) < 4.78 is 0. The van der Waals surface area contributed by atoms with Crippen LogP contribution in [0.25, 0.3) is 10.9 Å². The van der Waals surface area contributed by atoms with Gasteiger partial charge in [0.05, 0.1) is 0 Å². The van der Waals surface area contributed by atoms with Crippen LogP contribution in [0, 0.1) is 0 Å². The molecular formula is C19H20N4O2. The Kier molecular flexibility index (Phi) is 4.70. The van der Waals surface area contributed by atoms with Gasteiger partial charge in [-0.3, -0.25) is 4.79 Å². The van der Waals surface area contributed by atoms with E-state index >= 15 is 0 Å². The van der Waals surface area contributed by atoms with Gasteiger partial charge >= 0.3 is 6.03 Å². The number of nitrogens with one attached hydrogen (secondary N) is 3. The number of amides is 3. The van der Waals surface area contributed by atoms with E-state index in [4.69, 9.17) is 0 Å². The summed E-state index contributed by atoms with van der Waals surface area (Å²) in [5.41, 5.74) is 3.05. The van der Waals surface area contributed by atoms with Crippen LogP contribution in [-0.4, -0.2) is 35.9 Å². The summed E-state index contributed by atoms with van der Waals surface area (Å²) in [5, 5.41) is 6.67. The van der Waals surface area contributed by atoms with Gasteiger partial charge in [0.1, 0.15) is 5.69 Å². The minimum Gasteiger partial charge on any atom is -0.351 e. The molecule has 1 aromatic heterocycles. The van der Waals surface area contributed by atoms with Crippen LogP contribution in [0.4, 0.5) is 10.5 Å². The Hall–Kier alpha value is -3.28. The molecule has 0 aliphatic carbocycles. The van der Waals surface area contributed by atoms with E-state index in [1.54, 1.807) is 14.1 Å². The molecule has 0 saturated heterocycles. The fourth-order valence-corrected chi connectivity index (χ4v) is 2.47. The highest BCUT2D eigenvalue weighted by molar-refractivity contribution is 5.98. The Bertz CT molecular complexity index is 881. The average Bonchev–Trinajstić information content (AvgIpc) is 3.04. The molecule has 0 aliphatic rings. The van der Waals surface area contributed by atoms with Crippen LogP contribution in [0.1, 0.15) is 16.1 Å². The number of para-hydroxylation sites is 1. The van der Waals surface area contributed by atoms with Gasteiger partial charge in [0.15, 0.2) is 0 Å². The standard InChI is InChI=1S/C19H20N4O2/c1-23(2)19(25)21-15-8-5-6-13(10-15)12-20-18(24)17-11-14-7-3-4-9-16(14)22-17/h3-11,22H,12H2,1-2H3,(H,20,24)(H,21,25). The van der Waals surface area contributed by atoms with Crippen molar-refractivity contribution in [2.45, 2.75) is 6.54 Å². The Morgan fingerprint density at radius 2 is 1.84 bits per heavy atom. The molecule has 3 rings (SSSR count). The van der Waals surface area contributed by atoms with Crippen molar-refractivity contribution >= 4 is 28.5 Å². The van der Waals surface area contributed by atoms with Crippen molar-refractivity contribution in [3.05, 3.63) is 65.9 Å². The first-order valence-electron chi connectivity index (χ1n) is 7.96. The number of carbonyl (C=O) groups excluding carboxylic acids is 2. The quantitative estimate of drug-likeness (QED) is 0.684. The predicted octanol–water partition coefficient (Wildman–Crippen LogP) is 3.19. The molecule has 0 spiro atoms. The molecule has 3 amide bonds. The van der Waals surface area contributed by atoms with E-state index in [9.17, 15) is 9.59 Å². The monoisotopic (exact) mass is 336 g/mol. The molecule has 0 saturated carbocycles. The first-order chi connectivity index (χ1) is 12.0. The Labute approximate surface area is 145 Å². The second-order valence-electron chi connectivity index (χ2n) is 5.98. The summed E-state index contributed by atoms with van der Waals surface area (Å²) in [6.45, 7) is 0.375. The van der Waals surface area contributed by atoms with Crippen molar-refractivity contribution < 1.29 is 9.59 Å². The smallest absolute Gasteiger partial charge is 0.321 e. The minimum absolute atomic E-state index is 0.168. The van der Waals surface area contributed by atoms with Crippen molar-refractivity contribution in [2.75, 3.05) is 19.4 Å². The molecule has 0 radical (unpaired) electrons. The lowest BCUT2D eigenvalue weighted by Crippen LogP contribution is -2.27. The number of fused-ring (bicyclic) bond motifs is 1. The summed E-state index contributed by atoms with van der Waals surface area (Å²) in [4.78, 5) is 28.6. The number of hydrogen-bond donors (Lipinski definition) is 3. The zero-order valence-corrected chi connectivity index (χ0v) is 14.2. The lowest BCUT2D eigenvalue weighted by atomic mass is 10.2. The normalized spacial score (nSPS) is 10.5. The predicted molar refractivity (Wildman–Crippen MR) is 98.6 cm³/mol. The number of benzene rings is 2. The fourth-order valence-electron chi connectivity index (χ4n) is 2.47. The van der Waals surface area contributed by atoms with Crippen LogP contribution in [0.5, 0.6) is 0 Å². The summed E-state index contributed by atoms with van der Waals surface area (Å²) in [5.74, 6) is -0.168. The topological polar surface area (TPSA) is 77.2 Å².